The Kier molecular flexibility index (Phi) is 9.35. The lowest BCUT2D eigenvalue weighted by molar-refractivity contribution is -0.129. The molecule has 1 atom stereocenters. The van der Waals surface area contributed by atoms with Crippen molar-refractivity contribution in [2.75, 3.05) is 19.6 Å². The third-order valence-corrected chi connectivity index (χ3v) is 6.01. The highest BCUT2D eigenvalue weighted by atomic mass is 127. The molecular formula is C21H30IN5OS. The van der Waals surface area contributed by atoms with Crippen LogP contribution < -0.4 is 10.6 Å². The molecule has 0 saturated carbocycles. The molecule has 2 heterocycles. The average molecular weight is 527 g/mol. The smallest absolute Gasteiger partial charge is 0.222 e. The van der Waals surface area contributed by atoms with Gasteiger partial charge in [0.2, 0.25) is 5.91 Å². The molecule has 2 aromatic rings. The number of hydrogen-bond acceptors (Lipinski definition) is 4. The molecule has 3 rings (SSSR count). The van der Waals surface area contributed by atoms with Gasteiger partial charge in [-0.3, -0.25) is 4.79 Å². The number of hydrogen-bond donors (Lipinski definition) is 2. The summed E-state index contributed by atoms with van der Waals surface area (Å²) >= 11 is 1.70. The number of likely N-dealkylation sites (tertiary alicyclic amines) is 1. The first-order chi connectivity index (χ1) is 13.6. The van der Waals surface area contributed by atoms with E-state index in [1.165, 1.54) is 4.88 Å². The number of nitrogens with zero attached hydrogens (tertiary/aromatic N) is 3. The Hall–Kier alpha value is -1.68. The van der Waals surface area contributed by atoms with Gasteiger partial charge in [0.15, 0.2) is 5.96 Å². The summed E-state index contributed by atoms with van der Waals surface area (Å²) in [5.74, 6) is 1.02. The van der Waals surface area contributed by atoms with Gasteiger partial charge in [-0.25, -0.2) is 9.98 Å². The lowest BCUT2D eigenvalue weighted by Gasteiger charge is -2.18. The number of rotatable bonds is 6. The second-order valence-electron chi connectivity index (χ2n) is 6.91. The maximum Gasteiger partial charge on any atom is 0.222 e. The van der Waals surface area contributed by atoms with Gasteiger partial charge in [0.05, 0.1) is 12.2 Å². The molecule has 0 radical (unpaired) electrons. The fourth-order valence-electron chi connectivity index (χ4n) is 3.27. The fraction of sp³-hybridized carbons (Fsp3) is 0.476. The first-order valence-electron chi connectivity index (χ1n) is 9.95. The van der Waals surface area contributed by atoms with Gasteiger partial charge in [0.1, 0.15) is 5.01 Å². The Balaban J connectivity index is 0.00000300. The molecule has 1 aromatic carbocycles. The minimum Gasteiger partial charge on any atom is -0.357 e. The molecule has 1 saturated heterocycles. The quantitative estimate of drug-likeness (QED) is 0.341. The van der Waals surface area contributed by atoms with E-state index in [1.807, 2.05) is 36.9 Å². The maximum absolute atomic E-state index is 11.9. The van der Waals surface area contributed by atoms with Crippen molar-refractivity contribution < 1.29 is 4.79 Å². The summed E-state index contributed by atoms with van der Waals surface area (Å²) in [6.07, 6.45) is 1.52. The summed E-state index contributed by atoms with van der Waals surface area (Å²) in [5, 5.41) is 7.83. The van der Waals surface area contributed by atoms with Crippen molar-refractivity contribution in [2.45, 2.75) is 46.2 Å². The summed E-state index contributed by atoms with van der Waals surface area (Å²) in [6.45, 7) is 8.97. The summed E-state index contributed by atoms with van der Waals surface area (Å²) in [7, 11) is 0. The van der Waals surface area contributed by atoms with Crippen LogP contribution in [0.15, 0.2) is 35.3 Å². The predicted octanol–water partition coefficient (Wildman–Crippen LogP) is 3.80. The van der Waals surface area contributed by atoms with Crippen LogP contribution in [0.25, 0.3) is 10.6 Å². The maximum atomic E-state index is 11.9. The highest BCUT2D eigenvalue weighted by Gasteiger charge is 2.25. The lowest BCUT2D eigenvalue weighted by Crippen LogP contribution is -2.45. The standard InChI is InChI=1S/C21H29N5OS.HI/c1-4-19(27)26-12-11-17(14-26)25-21(22-5-2)23-13-18-15(3)24-20(28-18)16-9-7-6-8-10-16;/h6-10,17H,4-5,11-14H2,1-3H3,(H2,22,23,25);1H. The molecule has 0 spiro atoms. The first kappa shape index (κ1) is 23.6. The lowest BCUT2D eigenvalue weighted by atomic mass is 10.2. The van der Waals surface area contributed by atoms with Gasteiger partial charge in [-0.15, -0.1) is 35.3 Å². The van der Waals surface area contributed by atoms with Gasteiger partial charge in [-0.1, -0.05) is 37.3 Å². The van der Waals surface area contributed by atoms with E-state index in [0.29, 0.717) is 13.0 Å². The molecule has 0 aliphatic carbocycles. The van der Waals surface area contributed by atoms with Crippen molar-refractivity contribution in [3.63, 3.8) is 0 Å². The molecular weight excluding hydrogens is 497 g/mol. The van der Waals surface area contributed by atoms with E-state index in [2.05, 4.69) is 29.7 Å². The summed E-state index contributed by atoms with van der Waals surface area (Å²) in [5.41, 5.74) is 2.17. The Labute approximate surface area is 194 Å². The summed E-state index contributed by atoms with van der Waals surface area (Å²) in [4.78, 5) is 24.5. The molecule has 1 fully saturated rings. The van der Waals surface area contributed by atoms with Crippen LogP contribution >= 0.6 is 35.3 Å². The Morgan fingerprint density at radius 2 is 2.07 bits per heavy atom. The minimum absolute atomic E-state index is 0. The van der Waals surface area contributed by atoms with Gasteiger partial charge in [0, 0.05) is 42.5 Å². The van der Waals surface area contributed by atoms with E-state index in [0.717, 1.165) is 48.3 Å². The van der Waals surface area contributed by atoms with Crippen LogP contribution in [0.5, 0.6) is 0 Å². The Morgan fingerprint density at radius 3 is 2.76 bits per heavy atom. The van der Waals surface area contributed by atoms with E-state index in [4.69, 9.17) is 9.98 Å². The number of amides is 1. The topological polar surface area (TPSA) is 69.6 Å². The Bertz CT molecular complexity index is 824. The fourth-order valence-corrected chi connectivity index (χ4v) is 4.26. The van der Waals surface area contributed by atoms with E-state index in [9.17, 15) is 4.79 Å². The number of aromatic nitrogens is 1. The number of benzene rings is 1. The highest BCUT2D eigenvalue weighted by molar-refractivity contribution is 14.0. The van der Waals surface area contributed by atoms with Crippen molar-refractivity contribution in [3.8, 4) is 10.6 Å². The van der Waals surface area contributed by atoms with Crippen LogP contribution in [0.3, 0.4) is 0 Å². The van der Waals surface area contributed by atoms with Gasteiger partial charge in [-0.2, -0.15) is 0 Å². The largest absolute Gasteiger partial charge is 0.357 e. The van der Waals surface area contributed by atoms with E-state index < -0.39 is 0 Å². The number of carbonyl (C=O) groups is 1. The van der Waals surface area contributed by atoms with Crippen molar-refractivity contribution in [3.05, 3.63) is 40.9 Å². The van der Waals surface area contributed by atoms with Gasteiger partial charge in [-0.05, 0) is 20.3 Å². The van der Waals surface area contributed by atoms with E-state index >= 15 is 0 Å². The molecule has 6 nitrogen and oxygen atoms in total. The van der Waals surface area contributed by atoms with Crippen LogP contribution in [0.4, 0.5) is 0 Å². The predicted molar refractivity (Wildman–Crippen MR) is 131 cm³/mol. The second-order valence-corrected chi connectivity index (χ2v) is 8.00. The van der Waals surface area contributed by atoms with Gasteiger partial charge >= 0.3 is 0 Å². The number of halogens is 1. The van der Waals surface area contributed by atoms with Crippen LogP contribution in [0.1, 0.15) is 37.3 Å². The zero-order valence-electron chi connectivity index (χ0n) is 17.3. The number of carbonyl (C=O) groups excluding carboxylic acids is 1. The molecule has 0 bridgehead atoms. The molecule has 1 aliphatic heterocycles. The molecule has 1 amide bonds. The van der Waals surface area contributed by atoms with Gasteiger partial charge in [0.25, 0.3) is 0 Å². The number of aliphatic imine (C=N–C) groups is 1. The van der Waals surface area contributed by atoms with E-state index in [1.54, 1.807) is 11.3 Å². The monoisotopic (exact) mass is 527 g/mol. The molecule has 29 heavy (non-hydrogen) atoms. The zero-order chi connectivity index (χ0) is 19.9. The van der Waals surface area contributed by atoms with Gasteiger partial charge < -0.3 is 15.5 Å². The number of guanidine groups is 1. The number of thiazole rings is 1. The highest BCUT2D eigenvalue weighted by Crippen LogP contribution is 2.28. The zero-order valence-corrected chi connectivity index (χ0v) is 20.4. The van der Waals surface area contributed by atoms with Crippen LogP contribution in [-0.2, 0) is 11.3 Å². The normalized spacial score (nSPS) is 16.4. The van der Waals surface area contributed by atoms with Crippen molar-refractivity contribution in [2.24, 2.45) is 4.99 Å². The summed E-state index contributed by atoms with van der Waals surface area (Å²) in [6, 6.07) is 10.5. The van der Waals surface area contributed by atoms with Crippen molar-refractivity contribution in [1.29, 1.82) is 0 Å². The third-order valence-electron chi connectivity index (χ3n) is 4.82. The molecule has 8 heteroatoms. The third kappa shape index (κ3) is 6.40. The van der Waals surface area contributed by atoms with E-state index in [-0.39, 0.29) is 35.9 Å². The minimum atomic E-state index is 0. The Morgan fingerprint density at radius 1 is 1.31 bits per heavy atom. The van der Waals surface area contributed by atoms with Crippen LogP contribution in [0, 0.1) is 6.92 Å². The molecule has 2 N–H and O–H groups in total. The number of nitrogens with one attached hydrogen (secondary N) is 2. The SMILES string of the molecule is CCNC(=NCc1sc(-c2ccccc2)nc1C)NC1CCN(C(=O)CC)C1.I. The molecule has 1 aliphatic rings. The number of aryl methyl sites for hydroxylation is 1. The molecule has 1 aromatic heterocycles. The van der Waals surface area contributed by atoms with Crippen LogP contribution in [0.2, 0.25) is 0 Å². The first-order valence-corrected chi connectivity index (χ1v) is 10.8. The summed E-state index contributed by atoms with van der Waals surface area (Å²) < 4.78 is 0. The average Bonchev–Trinajstić information content (AvgIpc) is 3.33. The molecule has 158 valence electrons. The van der Waals surface area contributed by atoms with Crippen molar-refractivity contribution in [1.82, 2.24) is 20.5 Å². The molecule has 1 unspecified atom stereocenters. The second kappa shape index (κ2) is 11.5. The van der Waals surface area contributed by atoms with Crippen molar-refractivity contribution >= 4 is 47.2 Å². The van der Waals surface area contributed by atoms with Crippen LogP contribution in [-0.4, -0.2) is 47.4 Å².